The number of benzene rings is 4. The highest BCUT2D eigenvalue weighted by molar-refractivity contribution is 6.01. The Morgan fingerprint density at radius 3 is 1.82 bits per heavy atom. The van der Waals surface area contributed by atoms with Crippen LogP contribution in [0.1, 0.15) is 99.6 Å². The lowest BCUT2D eigenvalue weighted by Gasteiger charge is -2.44. The molecule has 2 aliphatic heterocycles. The Hall–Kier alpha value is -6.24. The number of nitrogens with zero attached hydrogens (tertiary/aromatic N) is 6. The van der Waals surface area contributed by atoms with E-state index >= 15 is 9.59 Å². The largest absolute Gasteiger partial charge is 0.363 e. The topological polar surface area (TPSA) is 121 Å². The molecule has 6 aromatic rings. The van der Waals surface area contributed by atoms with Gasteiger partial charge in [-0.2, -0.15) is 5.01 Å². The molecule has 0 spiro atoms. The number of fused-ring (bicyclic) bond motifs is 4. The number of hydrogen-bond acceptors (Lipinski definition) is 8. The molecule has 11 rings (SSSR count). The van der Waals surface area contributed by atoms with Gasteiger partial charge in [0.05, 0.1) is 34.8 Å². The maximum absolute atomic E-state index is 15.1. The average Bonchev–Trinajstić information content (AvgIpc) is 4.01. The zero-order chi connectivity index (χ0) is 44.7. The summed E-state index contributed by atoms with van der Waals surface area (Å²) < 4.78 is 0. The lowest BCUT2D eigenvalue weighted by atomic mass is 10.0. The number of hydrazine groups is 1. The molecule has 3 fully saturated rings. The highest BCUT2D eigenvalue weighted by Crippen LogP contribution is 2.37. The fraction of sp³-hybridized carbons (Fsp3) is 0.407. The minimum atomic E-state index is -0.343. The summed E-state index contributed by atoms with van der Waals surface area (Å²) >= 11 is 0. The van der Waals surface area contributed by atoms with Crippen molar-refractivity contribution >= 4 is 56.9 Å². The second kappa shape index (κ2) is 18.2. The van der Waals surface area contributed by atoms with Gasteiger partial charge in [0.1, 0.15) is 11.6 Å². The Morgan fingerprint density at radius 1 is 0.621 bits per heavy atom. The summed E-state index contributed by atoms with van der Waals surface area (Å²) in [6.07, 6.45) is 9.87. The Labute approximate surface area is 388 Å². The molecule has 5 aliphatic rings. The summed E-state index contributed by atoms with van der Waals surface area (Å²) in [4.78, 5) is 45.3. The summed E-state index contributed by atoms with van der Waals surface area (Å²) in [7, 11) is 0. The van der Waals surface area contributed by atoms with E-state index < -0.39 is 0 Å². The second-order valence-corrected chi connectivity index (χ2v) is 19.5. The van der Waals surface area contributed by atoms with Crippen molar-refractivity contribution in [3.05, 3.63) is 131 Å². The zero-order valence-corrected chi connectivity index (χ0v) is 38.3. The van der Waals surface area contributed by atoms with Crippen molar-refractivity contribution in [1.82, 2.24) is 30.1 Å². The van der Waals surface area contributed by atoms with Crippen LogP contribution >= 0.6 is 0 Å². The van der Waals surface area contributed by atoms with Crippen LogP contribution in [0.15, 0.2) is 109 Å². The van der Waals surface area contributed by atoms with Crippen molar-refractivity contribution in [1.29, 1.82) is 0 Å². The lowest BCUT2D eigenvalue weighted by Crippen LogP contribution is -2.62. The zero-order valence-electron chi connectivity index (χ0n) is 38.3. The van der Waals surface area contributed by atoms with Gasteiger partial charge in [0.2, 0.25) is 0 Å². The van der Waals surface area contributed by atoms with Crippen LogP contribution < -0.4 is 26.3 Å². The van der Waals surface area contributed by atoms with Crippen LogP contribution in [0.4, 0.5) is 32.6 Å². The first kappa shape index (κ1) is 42.4. The number of amides is 4. The number of pyridine rings is 2. The molecule has 0 bridgehead atoms. The monoisotopic (exact) mass is 883 g/mol. The Kier molecular flexibility index (Phi) is 11.7. The van der Waals surface area contributed by atoms with Crippen molar-refractivity contribution in [2.75, 3.05) is 47.1 Å². The molecule has 12 heteroatoms. The first-order valence-corrected chi connectivity index (χ1v) is 24.5. The van der Waals surface area contributed by atoms with Gasteiger partial charge >= 0.3 is 12.1 Å². The van der Waals surface area contributed by atoms with E-state index in [0.717, 1.165) is 111 Å². The fourth-order valence-corrected chi connectivity index (χ4v) is 11.1. The van der Waals surface area contributed by atoms with E-state index in [1.54, 1.807) is 10.0 Å². The number of carbonyl (C=O) groups excluding carboxylic acids is 2. The van der Waals surface area contributed by atoms with Crippen LogP contribution in [0.5, 0.6) is 0 Å². The van der Waals surface area contributed by atoms with Gasteiger partial charge in [-0.3, -0.25) is 0 Å². The number of likely N-dealkylation sites (tertiary alicyclic amines) is 2. The Morgan fingerprint density at radius 2 is 1.21 bits per heavy atom. The van der Waals surface area contributed by atoms with Crippen LogP contribution in [0.2, 0.25) is 0 Å². The van der Waals surface area contributed by atoms with Crippen LogP contribution in [0.25, 0.3) is 21.8 Å². The van der Waals surface area contributed by atoms with Gasteiger partial charge in [-0.1, -0.05) is 48.5 Å². The molecule has 2 aromatic heterocycles. The quantitative estimate of drug-likeness (QED) is 0.100. The van der Waals surface area contributed by atoms with Gasteiger partial charge in [-0.25, -0.2) is 24.6 Å². The number of aryl methyl sites for hydroxylation is 2. The number of aromatic nitrogens is 2. The first-order valence-electron chi connectivity index (χ1n) is 24.5. The van der Waals surface area contributed by atoms with Crippen LogP contribution in [-0.2, 0) is 12.8 Å². The number of piperidine rings is 2. The van der Waals surface area contributed by atoms with E-state index in [-0.39, 0.29) is 36.2 Å². The van der Waals surface area contributed by atoms with Crippen LogP contribution in [-0.4, -0.2) is 87.2 Å². The van der Waals surface area contributed by atoms with E-state index in [0.29, 0.717) is 23.5 Å². The normalized spacial score (nSPS) is 20.3. The number of rotatable bonds is 10. The molecule has 0 radical (unpaired) electrons. The molecule has 4 amide bonds. The maximum Gasteiger partial charge on any atom is 0.341 e. The summed E-state index contributed by atoms with van der Waals surface area (Å²) in [5.41, 5.74) is 8.39. The molecular weight excluding hydrogens is 821 g/mol. The lowest BCUT2D eigenvalue weighted by molar-refractivity contribution is 0.116. The molecule has 2 saturated heterocycles. The molecule has 4 heterocycles. The predicted octanol–water partition coefficient (Wildman–Crippen LogP) is 10.4. The van der Waals surface area contributed by atoms with E-state index in [1.165, 1.54) is 35.1 Å². The van der Waals surface area contributed by atoms with Crippen molar-refractivity contribution in [2.45, 2.75) is 114 Å². The molecule has 4 aromatic carbocycles. The van der Waals surface area contributed by atoms with Crippen molar-refractivity contribution in [3.63, 3.8) is 0 Å². The third kappa shape index (κ3) is 8.88. The highest BCUT2D eigenvalue weighted by Gasteiger charge is 2.40. The fourth-order valence-electron chi connectivity index (χ4n) is 11.1. The van der Waals surface area contributed by atoms with Crippen LogP contribution in [0, 0.1) is 0 Å². The van der Waals surface area contributed by atoms with Gasteiger partial charge in [0.25, 0.3) is 0 Å². The second-order valence-electron chi connectivity index (χ2n) is 19.5. The van der Waals surface area contributed by atoms with Gasteiger partial charge in [0, 0.05) is 60.8 Å². The molecule has 2 unspecified atom stereocenters. The first-order chi connectivity index (χ1) is 32.3. The number of carbonyl (C=O) groups is 2. The molecular formula is C54H62N10O2. The standard InChI is InChI=1S/C54H62N10O2/c1-35(2)61-29-25-40(26-30-61)55-53(65)64(44-18-22-48-39(34-44)14-24-52(58-48)60-50-20-12-37-8-4-6-10-46(37)50)63(43-27-31-62(32-28-43)42-16-17-42)54(66)56-41-15-21-47-38(33-41)13-23-51(57-47)59-49-19-11-36-7-3-5-9-45(36)49/h3-10,13-15,18,21-24,33-35,40,42-43,49-50H,11-12,16-17,19-20,25-32H2,1-2H3,(H,55,65)(H,56,66)(H,57,59)(H,58,60). The third-order valence-electron chi connectivity index (χ3n) is 14.9. The van der Waals surface area contributed by atoms with Crippen molar-refractivity contribution in [3.8, 4) is 0 Å². The maximum atomic E-state index is 15.1. The SMILES string of the molecule is CC(C)N1CCC(NC(=O)N(c2ccc3nc(NC4CCc5ccccc54)ccc3c2)N(C(=O)Nc2ccc3nc(NC4CCc5ccccc54)ccc3c2)C2CCN(C3CC3)CC2)CC1. The molecule has 2 atom stereocenters. The summed E-state index contributed by atoms with van der Waals surface area (Å²) in [6.45, 7) is 8.05. The van der Waals surface area contributed by atoms with Gasteiger partial charge in [-0.05, 0) is 161 Å². The average molecular weight is 883 g/mol. The Bertz CT molecular complexity index is 2740. The van der Waals surface area contributed by atoms with E-state index in [2.05, 4.69) is 106 Å². The minimum Gasteiger partial charge on any atom is -0.363 e. The minimum absolute atomic E-state index is 0.0103. The van der Waals surface area contributed by atoms with E-state index in [1.807, 2.05) is 48.5 Å². The van der Waals surface area contributed by atoms with Crippen LogP contribution in [0.3, 0.4) is 0 Å². The number of urea groups is 2. The van der Waals surface area contributed by atoms with E-state index in [9.17, 15) is 0 Å². The Balaban J connectivity index is 0.889. The molecule has 3 aliphatic carbocycles. The summed E-state index contributed by atoms with van der Waals surface area (Å²) in [5.74, 6) is 1.65. The molecule has 66 heavy (non-hydrogen) atoms. The summed E-state index contributed by atoms with van der Waals surface area (Å²) in [6, 6.07) is 37.9. The van der Waals surface area contributed by atoms with Crippen molar-refractivity contribution in [2.24, 2.45) is 0 Å². The number of nitrogens with one attached hydrogen (secondary N) is 4. The number of anilines is 4. The molecule has 4 N–H and O–H groups in total. The predicted molar refractivity (Wildman–Crippen MR) is 265 cm³/mol. The van der Waals surface area contributed by atoms with Gasteiger partial charge in [0.15, 0.2) is 0 Å². The molecule has 340 valence electrons. The molecule has 12 nitrogen and oxygen atoms in total. The van der Waals surface area contributed by atoms with Crippen molar-refractivity contribution < 1.29 is 9.59 Å². The van der Waals surface area contributed by atoms with E-state index in [4.69, 9.17) is 9.97 Å². The highest BCUT2D eigenvalue weighted by atomic mass is 16.2. The smallest absolute Gasteiger partial charge is 0.341 e. The van der Waals surface area contributed by atoms with Gasteiger partial charge in [-0.15, -0.1) is 0 Å². The third-order valence-corrected chi connectivity index (χ3v) is 14.9. The van der Waals surface area contributed by atoms with Gasteiger partial charge < -0.3 is 31.1 Å². The number of hydrogen-bond donors (Lipinski definition) is 4. The molecule has 1 saturated carbocycles. The summed E-state index contributed by atoms with van der Waals surface area (Å²) in [5, 5.41) is 19.2.